The van der Waals surface area contributed by atoms with Crippen molar-refractivity contribution in [2.75, 3.05) is 0 Å². The summed E-state index contributed by atoms with van der Waals surface area (Å²) in [6, 6.07) is 34.6. The lowest BCUT2D eigenvalue weighted by atomic mass is 10.0. The minimum Gasteiger partial charge on any atom is -0.294 e. The van der Waals surface area contributed by atoms with E-state index in [1.807, 2.05) is 48.5 Å². The van der Waals surface area contributed by atoms with Gasteiger partial charge in [0.05, 0.1) is 34.3 Å². The number of thiophene rings is 1. The Morgan fingerprint density at radius 2 is 1.26 bits per heavy atom. The molecule has 0 unspecified atom stereocenters. The van der Waals surface area contributed by atoms with Crippen LogP contribution in [0.4, 0.5) is 0 Å². The van der Waals surface area contributed by atoms with Crippen LogP contribution < -0.4 is 0 Å². The molecule has 7 aromatic rings. The summed E-state index contributed by atoms with van der Waals surface area (Å²) >= 11 is 1.73. The van der Waals surface area contributed by atoms with Crippen molar-refractivity contribution in [3.05, 3.63) is 108 Å². The lowest BCUT2D eigenvalue weighted by Crippen LogP contribution is -1.96. The molecule has 0 spiro atoms. The second kappa shape index (κ2) is 8.29. The van der Waals surface area contributed by atoms with Crippen molar-refractivity contribution in [1.82, 2.24) is 9.55 Å². The summed E-state index contributed by atoms with van der Waals surface area (Å²) in [6.07, 6.45) is 1.58. The molecule has 174 valence electrons. The van der Waals surface area contributed by atoms with Crippen LogP contribution in [0.15, 0.2) is 91.1 Å². The predicted molar refractivity (Wildman–Crippen MR) is 151 cm³/mol. The minimum absolute atomic E-state index is 0.475. The van der Waals surface area contributed by atoms with Gasteiger partial charge < -0.3 is 0 Å². The van der Waals surface area contributed by atoms with Crippen LogP contribution in [0.2, 0.25) is 0 Å². The maximum Gasteiger partial charge on any atom is 0.145 e. The Kier molecular flexibility index (Phi) is 4.75. The Morgan fingerprint density at radius 3 is 2.05 bits per heavy atom. The van der Waals surface area contributed by atoms with E-state index in [-0.39, 0.29) is 0 Å². The van der Waals surface area contributed by atoms with Gasteiger partial charge in [-0.2, -0.15) is 15.8 Å². The first-order valence-corrected chi connectivity index (χ1v) is 12.7. The van der Waals surface area contributed by atoms with Crippen molar-refractivity contribution >= 4 is 53.4 Å². The van der Waals surface area contributed by atoms with Crippen LogP contribution >= 0.6 is 11.3 Å². The van der Waals surface area contributed by atoms with E-state index in [2.05, 4.69) is 58.1 Å². The number of nitrogens with zero attached hydrogens (tertiary/aromatic N) is 5. The van der Waals surface area contributed by atoms with E-state index >= 15 is 0 Å². The van der Waals surface area contributed by atoms with Gasteiger partial charge in [-0.25, -0.2) is 4.98 Å². The molecule has 0 aliphatic heterocycles. The van der Waals surface area contributed by atoms with Crippen LogP contribution in [-0.2, 0) is 0 Å². The third-order valence-electron chi connectivity index (χ3n) is 6.90. The standard InChI is InChI=1S/C32H15N5S/c33-15-19-4-7-29-25(10-19)28-12-21(17-35)18-36-32(28)37(29)24-3-1-2-22(13-24)23-6-9-31-27(14-23)26-11-20(16-34)5-8-30(26)38-31/h1-14,18H. The quantitative estimate of drug-likeness (QED) is 0.241. The molecule has 0 amide bonds. The summed E-state index contributed by atoms with van der Waals surface area (Å²) in [4.78, 5) is 4.64. The molecule has 0 saturated heterocycles. The summed E-state index contributed by atoms with van der Waals surface area (Å²) in [5.41, 5.74) is 6.41. The lowest BCUT2D eigenvalue weighted by molar-refractivity contribution is 1.13. The molecular weight excluding hydrogens is 486 g/mol. The van der Waals surface area contributed by atoms with Gasteiger partial charge in [0, 0.05) is 42.8 Å². The number of nitriles is 3. The molecule has 38 heavy (non-hydrogen) atoms. The zero-order chi connectivity index (χ0) is 25.8. The molecule has 7 rings (SSSR count). The van der Waals surface area contributed by atoms with Gasteiger partial charge in [0.2, 0.25) is 0 Å². The fraction of sp³-hybridized carbons (Fsp3) is 0. The molecule has 0 radical (unpaired) electrons. The fourth-order valence-electron chi connectivity index (χ4n) is 5.14. The minimum atomic E-state index is 0.475. The highest BCUT2D eigenvalue weighted by atomic mass is 32.1. The van der Waals surface area contributed by atoms with E-state index < -0.39 is 0 Å². The van der Waals surface area contributed by atoms with Crippen molar-refractivity contribution in [3.8, 4) is 35.0 Å². The van der Waals surface area contributed by atoms with Gasteiger partial charge in [0.1, 0.15) is 11.7 Å². The van der Waals surface area contributed by atoms with E-state index in [0.717, 1.165) is 54.2 Å². The van der Waals surface area contributed by atoms with Gasteiger partial charge in [-0.3, -0.25) is 4.57 Å². The molecule has 0 atom stereocenters. The Morgan fingerprint density at radius 1 is 0.605 bits per heavy atom. The molecule has 3 heterocycles. The molecule has 0 bridgehead atoms. The maximum atomic E-state index is 9.47. The van der Waals surface area contributed by atoms with Crippen LogP contribution in [0.1, 0.15) is 16.7 Å². The number of benzene rings is 4. The second-order valence-electron chi connectivity index (χ2n) is 9.07. The summed E-state index contributed by atoms with van der Waals surface area (Å²) in [6.45, 7) is 0. The monoisotopic (exact) mass is 501 g/mol. The Bertz CT molecular complexity index is 2160. The summed E-state index contributed by atoms with van der Waals surface area (Å²) in [7, 11) is 0. The van der Waals surface area contributed by atoms with E-state index in [1.54, 1.807) is 23.6 Å². The van der Waals surface area contributed by atoms with Crippen molar-refractivity contribution < 1.29 is 0 Å². The lowest BCUT2D eigenvalue weighted by Gasteiger charge is -2.10. The molecule has 6 heteroatoms. The molecule has 5 nitrogen and oxygen atoms in total. The Hall–Kier alpha value is -5.48. The van der Waals surface area contributed by atoms with Crippen LogP contribution in [-0.4, -0.2) is 9.55 Å². The zero-order valence-corrected chi connectivity index (χ0v) is 20.6. The van der Waals surface area contributed by atoms with E-state index in [0.29, 0.717) is 16.7 Å². The normalized spacial score (nSPS) is 11.1. The van der Waals surface area contributed by atoms with E-state index in [4.69, 9.17) is 0 Å². The van der Waals surface area contributed by atoms with Crippen LogP contribution in [0, 0.1) is 34.0 Å². The number of hydrogen-bond acceptors (Lipinski definition) is 5. The first-order chi connectivity index (χ1) is 18.7. The van der Waals surface area contributed by atoms with Crippen LogP contribution in [0.5, 0.6) is 0 Å². The van der Waals surface area contributed by atoms with Crippen molar-refractivity contribution in [1.29, 1.82) is 15.8 Å². The first-order valence-electron chi connectivity index (χ1n) is 11.9. The third kappa shape index (κ3) is 3.25. The first kappa shape index (κ1) is 21.8. The zero-order valence-electron chi connectivity index (χ0n) is 19.8. The average molecular weight is 502 g/mol. The van der Waals surface area contributed by atoms with Gasteiger partial charge in [-0.05, 0) is 77.9 Å². The number of aromatic nitrogens is 2. The van der Waals surface area contributed by atoms with Crippen molar-refractivity contribution in [3.63, 3.8) is 0 Å². The molecular formula is C32H15N5S. The van der Waals surface area contributed by atoms with Crippen LogP contribution in [0.25, 0.3) is 58.9 Å². The highest BCUT2D eigenvalue weighted by Gasteiger charge is 2.16. The topological polar surface area (TPSA) is 89.2 Å². The van der Waals surface area contributed by atoms with Gasteiger partial charge >= 0.3 is 0 Å². The smallest absolute Gasteiger partial charge is 0.145 e. The van der Waals surface area contributed by atoms with E-state index in [9.17, 15) is 15.8 Å². The van der Waals surface area contributed by atoms with Gasteiger partial charge in [-0.15, -0.1) is 11.3 Å². The number of hydrogen-bond donors (Lipinski definition) is 0. The Labute approximate surface area is 221 Å². The molecule has 0 saturated carbocycles. The molecule has 4 aromatic carbocycles. The van der Waals surface area contributed by atoms with Crippen LogP contribution in [0.3, 0.4) is 0 Å². The van der Waals surface area contributed by atoms with E-state index in [1.165, 1.54) is 4.70 Å². The number of fused-ring (bicyclic) bond motifs is 6. The molecule has 3 aromatic heterocycles. The summed E-state index contributed by atoms with van der Waals surface area (Å²) in [5.74, 6) is 0. The highest BCUT2D eigenvalue weighted by molar-refractivity contribution is 7.25. The second-order valence-corrected chi connectivity index (χ2v) is 10.2. The average Bonchev–Trinajstić information content (AvgIpc) is 3.50. The summed E-state index contributed by atoms with van der Waals surface area (Å²) in [5, 5.41) is 32.2. The highest BCUT2D eigenvalue weighted by Crippen LogP contribution is 2.38. The predicted octanol–water partition coefficient (Wildman–Crippen LogP) is 7.83. The summed E-state index contributed by atoms with van der Waals surface area (Å²) < 4.78 is 4.42. The van der Waals surface area contributed by atoms with Crippen molar-refractivity contribution in [2.45, 2.75) is 0 Å². The Balaban J connectivity index is 1.44. The molecule has 0 N–H and O–H groups in total. The SMILES string of the molecule is N#Cc1ccc2sc3ccc(-c4cccc(-n5c6ccc(C#N)cc6c6cc(C#N)cnc65)c4)cc3c2c1. The number of rotatable bonds is 2. The van der Waals surface area contributed by atoms with Crippen molar-refractivity contribution in [2.24, 2.45) is 0 Å². The number of pyridine rings is 1. The van der Waals surface area contributed by atoms with Gasteiger partial charge in [0.15, 0.2) is 0 Å². The fourth-order valence-corrected chi connectivity index (χ4v) is 6.20. The third-order valence-corrected chi connectivity index (χ3v) is 8.05. The maximum absolute atomic E-state index is 9.47. The van der Waals surface area contributed by atoms with Gasteiger partial charge in [0.25, 0.3) is 0 Å². The molecule has 0 fully saturated rings. The molecule has 0 aliphatic rings. The largest absolute Gasteiger partial charge is 0.294 e. The van der Waals surface area contributed by atoms with Gasteiger partial charge in [-0.1, -0.05) is 18.2 Å². The molecule has 0 aliphatic carbocycles.